The van der Waals surface area contributed by atoms with Crippen molar-refractivity contribution in [3.05, 3.63) is 17.2 Å². The Morgan fingerprint density at radius 1 is 1.12 bits per heavy atom. The molecule has 2 nitrogen and oxygen atoms in total. The molecule has 0 bridgehead atoms. The zero-order valence-electron chi connectivity index (χ0n) is 9.95. The summed E-state index contributed by atoms with van der Waals surface area (Å²) in [6, 6.07) is 0. The zero-order chi connectivity index (χ0) is 12.9. The van der Waals surface area contributed by atoms with Gasteiger partial charge >= 0.3 is 7.25 Å². The van der Waals surface area contributed by atoms with Crippen molar-refractivity contribution < 1.29 is 21.8 Å². The lowest BCUT2D eigenvalue weighted by atomic mass is 10.3. The first-order valence-electron chi connectivity index (χ1n) is 5.09. The van der Waals surface area contributed by atoms with E-state index in [1.54, 1.807) is 0 Å². The Kier molecular flexibility index (Phi) is 5.54. The number of imidazole rings is 1. The minimum Gasteiger partial charge on any atom is -0.418 e. The van der Waals surface area contributed by atoms with Crippen molar-refractivity contribution in [3.63, 3.8) is 0 Å². The summed E-state index contributed by atoms with van der Waals surface area (Å²) in [6.45, 7) is 9.73. The van der Waals surface area contributed by atoms with Gasteiger partial charge in [0.15, 0.2) is 0 Å². The number of nitrogens with zero attached hydrogens (tertiary/aromatic N) is 1. The Balaban J connectivity index is 0.000000385. The van der Waals surface area contributed by atoms with Gasteiger partial charge in [0, 0.05) is 20.8 Å². The Morgan fingerprint density at radius 3 is 1.81 bits per heavy atom. The summed E-state index contributed by atoms with van der Waals surface area (Å²) in [6.07, 6.45) is 1.20. The molecule has 1 aromatic heterocycles. The molecule has 0 saturated carbocycles. The van der Waals surface area contributed by atoms with Gasteiger partial charge in [0.2, 0.25) is 0 Å². The fourth-order valence-electron chi connectivity index (χ4n) is 1.44. The van der Waals surface area contributed by atoms with Crippen LogP contribution >= 0.6 is 0 Å². The van der Waals surface area contributed by atoms with Gasteiger partial charge < -0.3 is 17.3 Å². The lowest BCUT2D eigenvalue weighted by Crippen LogP contribution is -2.37. The molecule has 0 saturated heterocycles. The second-order valence-electron chi connectivity index (χ2n) is 3.57. The van der Waals surface area contributed by atoms with Gasteiger partial charge in [-0.25, -0.2) is 9.55 Å². The van der Waals surface area contributed by atoms with Gasteiger partial charge in [-0.1, -0.05) is 6.92 Å². The molecular formula is C9H17BF4N2. The zero-order valence-corrected chi connectivity index (χ0v) is 9.95. The Morgan fingerprint density at radius 2 is 1.56 bits per heavy atom. The van der Waals surface area contributed by atoms with Gasteiger partial charge in [0.05, 0.1) is 6.54 Å². The third kappa shape index (κ3) is 5.77. The average Bonchev–Trinajstić information content (AvgIpc) is 2.30. The van der Waals surface area contributed by atoms with E-state index in [2.05, 4.69) is 37.2 Å². The van der Waals surface area contributed by atoms with Crippen molar-refractivity contribution in [2.45, 2.75) is 40.7 Å². The topological polar surface area (TPSA) is 19.7 Å². The van der Waals surface area contributed by atoms with E-state index in [0.29, 0.717) is 0 Å². The summed E-state index contributed by atoms with van der Waals surface area (Å²) in [7, 11) is -6.00. The maximum absolute atomic E-state index is 9.75. The predicted octanol–water partition coefficient (Wildman–Crippen LogP) is 2.94. The van der Waals surface area contributed by atoms with Gasteiger partial charge in [0.1, 0.15) is 11.4 Å². The van der Waals surface area contributed by atoms with Crippen LogP contribution in [0, 0.1) is 20.8 Å². The molecular weight excluding hydrogens is 223 g/mol. The van der Waals surface area contributed by atoms with Gasteiger partial charge in [-0.3, -0.25) is 0 Å². The first-order chi connectivity index (χ1) is 7.16. The van der Waals surface area contributed by atoms with Crippen molar-refractivity contribution in [1.82, 2.24) is 4.98 Å². The molecule has 1 heterocycles. The second-order valence-corrected chi connectivity index (χ2v) is 3.57. The van der Waals surface area contributed by atoms with Crippen molar-refractivity contribution in [2.75, 3.05) is 0 Å². The number of aromatic nitrogens is 2. The molecule has 1 N–H and O–H groups in total. The van der Waals surface area contributed by atoms with Crippen LogP contribution in [-0.4, -0.2) is 12.2 Å². The number of hydrogen-bond donors (Lipinski definition) is 1. The number of halogens is 4. The van der Waals surface area contributed by atoms with Crippen LogP contribution in [0.4, 0.5) is 17.3 Å². The largest absolute Gasteiger partial charge is 0.673 e. The number of H-pyrrole nitrogens is 1. The quantitative estimate of drug-likeness (QED) is 0.465. The lowest BCUT2D eigenvalue weighted by molar-refractivity contribution is -0.707. The molecule has 16 heavy (non-hydrogen) atoms. The fourth-order valence-corrected chi connectivity index (χ4v) is 1.44. The van der Waals surface area contributed by atoms with Crippen LogP contribution in [-0.2, 0) is 6.54 Å². The highest BCUT2D eigenvalue weighted by molar-refractivity contribution is 6.50. The van der Waals surface area contributed by atoms with Crippen LogP contribution in [0.3, 0.4) is 0 Å². The van der Waals surface area contributed by atoms with Crippen LogP contribution in [0.1, 0.15) is 30.6 Å². The molecule has 0 spiro atoms. The molecule has 0 aliphatic heterocycles. The summed E-state index contributed by atoms with van der Waals surface area (Å²) in [5.74, 6) is 1.27. The molecule has 0 aliphatic carbocycles. The van der Waals surface area contributed by atoms with Crippen LogP contribution in [0.2, 0.25) is 0 Å². The summed E-state index contributed by atoms with van der Waals surface area (Å²) >= 11 is 0. The third-order valence-corrected chi connectivity index (χ3v) is 2.17. The van der Waals surface area contributed by atoms with Gasteiger partial charge in [-0.05, 0) is 6.42 Å². The highest BCUT2D eigenvalue weighted by atomic mass is 19.5. The summed E-state index contributed by atoms with van der Waals surface area (Å²) < 4.78 is 41.3. The molecule has 0 atom stereocenters. The normalized spacial score (nSPS) is 11.0. The van der Waals surface area contributed by atoms with Crippen molar-refractivity contribution >= 4 is 7.25 Å². The minimum atomic E-state index is -6.00. The molecule has 7 heteroatoms. The fraction of sp³-hybridized carbons (Fsp3) is 0.667. The smallest absolute Gasteiger partial charge is 0.418 e. The molecule has 1 aromatic rings. The molecule has 0 unspecified atom stereocenters. The van der Waals surface area contributed by atoms with E-state index in [1.807, 2.05) is 0 Å². The average molecular weight is 240 g/mol. The van der Waals surface area contributed by atoms with Gasteiger partial charge in [-0.2, -0.15) is 0 Å². The summed E-state index contributed by atoms with van der Waals surface area (Å²) in [4.78, 5) is 3.32. The monoisotopic (exact) mass is 240 g/mol. The van der Waals surface area contributed by atoms with E-state index in [0.717, 1.165) is 6.54 Å². The van der Waals surface area contributed by atoms with Crippen LogP contribution in [0.5, 0.6) is 0 Å². The van der Waals surface area contributed by atoms with Crippen molar-refractivity contribution in [1.29, 1.82) is 0 Å². The van der Waals surface area contributed by atoms with E-state index < -0.39 is 7.25 Å². The van der Waals surface area contributed by atoms with E-state index in [-0.39, 0.29) is 0 Å². The molecule has 0 amide bonds. The lowest BCUT2D eigenvalue weighted by Gasteiger charge is -1.95. The predicted molar refractivity (Wildman–Crippen MR) is 55.7 cm³/mol. The number of rotatable bonds is 2. The van der Waals surface area contributed by atoms with Crippen LogP contribution < -0.4 is 4.57 Å². The Labute approximate surface area is 92.8 Å². The Hall–Kier alpha value is -1.01. The standard InChI is InChI=1S/C9H16N2.BF4/c1-5-6-11-8(3)7(2)10-9(11)4;2-1(3,4)5/h5-6H2,1-4H3;/q;-1/p+1. The highest BCUT2D eigenvalue weighted by Crippen LogP contribution is 2.06. The first-order valence-corrected chi connectivity index (χ1v) is 5.09. The third-order valence-electron chi connectivity index (χ3n) is 2.17. The molecule has 1 rings (SSSR count). The van der Waals surface area contributed by atoms with Crippen molar-refractivity contribution in [3.8, 4) is 0 Å². The van der Waals surface area contributed by atoms with E-state index in [4.69, 9.17) is 0 Å². The SMILES string of the molecule is CCC[n+]1c(C)[nH]c(C)c1C.F[B-](F)(F)F. The number of aromatic amines is 1. The molecule has 0 radical (unpaired) electrons. The maximum Gasteiger partial charge on any atom is 0.673 e. The van der Waals surface area contributed by atoms with E-state index in [1.165, 1.54) is 23.6 Å². The number of hydrogen-bond acceptors (Lipinski definition) is 0. The van der Waals surface area contributed by atoms with E-state index in [9.17, 15) is 17.3 Å². The molecule has 0 fully saturated rings. The maximum atomic E-state index is 9.75. The van der Waals surface area contributed by atoms with Gasteiger partial charge in [-0.15, -0.1) is 0 Å². The summed E-state index contributed by atoms with van der Waals surface area (Å²) in [5.41, 5.74) is 2.65. The van der Waals surface area contributed by atoms with Crippen molar-refractivity contribution in [2.24, 2.45) is 0 Å². The van der Waals surface area contributed by atoms with E-state index >= 15 is 0 Å². The Bertz CT molecular complexity index is 327. The molecule has 0 aliphatic rings. The highest BCUT2D eigenvalue weighted by Gasteiger charge is 2.20. The van der Waals surface area contributed by atoms with Crippen LogP contribution in [0.25, 0.3) is 0 Å². The van der Waals surface area contributed by atoms with Crippen LogP contribution in [0.15, 0.2) is 0 Å². The number of aryl methyl sites for hydroxylation is 2. The number of nitrogens with one attached hydrogen (secondary N) is 1. The minimum absolute atomic E-state index is 1.13. The molecule has 0 aromatic carbocycles. The molecule has 94 valence electrons. The van der Waals surface area contributed by atoms with Gasteiger partial charge in [0.25, 0.3) is 5.82 Å². The first kappa shape index (κ1) is 15.0. The second kappa shape index (κ2) is 5.91. The summed E-state index contributed by atoms with van der Waals surface area (Å²) in [5, 5.41) is 0.